The molecule has 0 aliphatic rings. The molecule has 0 spiro atoms. The quantitative estimate of drug-likeness (QED) is 0.732. The topological polar surface area (TPSA) is 136 Å². The molecule has 0 fully saturated rings. The van der Waals surface area contributed by atoms with E-state index in [1.54, 1.807) is 11.6 Å². The Hall–Kier alpha value is -3.21. The third kappa shape index (κ3) is 3.88. The first-order chi connectivity index (χ1) is 12.2. The van der Waals surface area contributed by atoms with Crippen molar-refractivity contribution in [1.82, 2.24) is 14.3 Å². The number of nitrogens with one attached hydrogen (secondary N) is 2. The maximum absolute atomic E-state index is 12.4. The fraction of sp³-hybridized carbons (Fsp3) is 0.200. The van der Waals surface area contributed by atoms with Crippen molar-refractivity contribution in [3.05, 3.63) is 52.1 Å². The van der Waals surface area contributed by atoms with Crippen LogP contribution < -0.4 is 15.6 Å². The molecule has 0 radical (unpaired) electrons. The second kappa shape index (κ2) is 7.35. The third-order valence-electron chi connectivity index (χ3n) is 3.46. The highest BCUT2D eigenvalue weighted by Gasteiger charge is 2.25. The number of sulfonamides is 1. The van der Waals surface area contributed by atoms with Gasteiger partial charge in [0.05, 0.1) is 12.7 Å². The number of anilines is 1. The molecule has 0 unspecified atom stereocenters. The van der Waals surface area contributed by atoms with Crippen LogP contribution in [0.5, 0.6) is 0 Å². The van der Waals surface area contributed by atoms with Crippen molar-refractivity contribution >= 4 is 27.8 Å². The Kier molecular flexibility index (Phi) is 5.41. The van der Waals surface area contributed by atoms with Gasteiger partial charge in [0.1, 0.15) is 4.90 Å². The summed E-state index contributed by atoms with van der Waals surface area (Å²) in [6.45, 7) is 1.65. The smallest absolute Gasteiger partial charge is 0.339 e. The molecule has 1 aromatic carbocycles. The van der Waals surface area contributed by atoms with E-state index in [1.165, 1.54) is 36.0 Å². The minimum atomic E-state index is -4.40. The number of hydrogen-bond donors (Lipinski definition) is 2. The molecule has 11 heteroatoms. The van der Waals surface area contributed by atoms with Gasteiger partial charge in [0.2, 0.25) is 5.82 Å². The van der Waals surface area contributed by atoms with Crippen LogP contribution in [0.2, 0.25) is 0 Å². The van der Waals surface area contributed by atoms with Gasteiger partial charge in [-0.2, -0.15) is 0 Å². The molecular formula is C15H16N4O6S. The highest BCUT2D eigenvalue weighted by Crippen LogP contribution is 2.16. The predicted octanol–water partition coefficient (Wildman–Crippen LogP) is 0.386. The fourth-order valence-corrected chi connectivity index (χ4v) is 3.10. The molecule has 1 aromatic heterocycles. The first-order valence-electron chi connectivity index (χ1n) is 7.21. The Morgan fingerprint density at radius 2 is 1.88 bits per heavy atom. The second-order valence-corrected chi connectivity index (χ2v) is 6.81. The van der Waals surface area contributed by atoms with E-state index < -0.39 is 32.5 Å². The zero-order valence-corrected chi connectivity index (χ0v) is 15.0. The van der Waals surface area contributed by atoms with E-state index in [-0.39, 0.29) is 11.4 Å². The number of carbonyl (C=O) groups excluding carboxylic acids is 2. The van der Waals surface area contributed by atoms with E-state index in [9.17, 15) is 22.8 Å². The van der Waals surface area contributed by atoms with Gasteiger partial charge in [-0.05, 0) is 19.1 Å². The van der Waals surface area contributed by atoms with Crippen LogP contribution in [0.25, 0.3) is 0 Å². The van der Waals surface area contributed by atoms with Gasteiger partial charge in [0.15, 0.2) is 0 Å². The van der Waals surface area contributed by atoms with Crippen molar-refractivity contribution in [3.63, 3.8) is 0 Å². The van der Waals surface area contributed by atoms with Crippen LogP contribution in [0.1, 0.15) is 16.1 Å². The molecule has 0 aliphatic carbocycles. The Bertz CT molecular complexity index is 1030. The molecule has 2 aromatic rings. The van der Waals surface area contributed by atoms with Crippen molar-refractivity contribution in [3.8, 4) is 0 Å². The minimum absolute atomic E-state index is 0.236. The minimum Gasteiger partial charge on any atom is -0.465 e. The van der Waals surface area contributed by atoms with Crippen LogP contribution in [0.4, 0.5) is 10.6 Å². The van der Waals surface area contributed by atoms with Crippen LogP contribution in [0.15, 0.2) is 40.2 Å². The van der Waals surface area contributed by atoms with Crippen LogP contribution in [-0.4, -0.2) is 37.1 Å². The number of urea groups is 1. The first-order valence-corrected chi connectivity index (χ1v) is 8.69. The highest BCUT2D eigenvalue weighted by atomic mass is 32.2. The molecule has 2 N–H and O–H groups in total. The second-order valence-electron chi connectivity index (χ2n) is 5.16. The summed E-state index contributed by atoms with van der Waals surface area (Å²) in [5, 5.41) is 2.08. The Morgan fingerprint density at radius 3 is 2.54 bits per heavy atom. The zero-order valence-electron chi connectivity index (χ0n) is 14.1. The summed E-state index contributed by atoms with van der Waals surface area (Å²) in [4.78, 5) is 39.0. The van der Waals surface area contributed by atoms with Crippen molar-refractivity contribution < 1.29 is 22.7 Å². The molecule has 26 heavy (non-hydrogen) atoms. The number of carbonyl (C=O) groups is 2. The average molecular weight is 380 g/mol. The van der Waals surface area contributed by atoms with Crippen molar-refractivity contribution in [1.29, 1.82) is 0 Å². The van der Waals surface area contributed by atoms with Gasteiger partial charge in [-0.15, -0.1) is 0 Å². The van der Waals surface area contributed by atoms with E-state index in [2.05, 4.69) is 15.0 Å². The lowest BCUT2D eigenvalue weighted by Gasteiger charge is -2.11. The summed E-state index contributed by atoms with van der Waals surface area (Å²) < 4.78 is 32.3. The Morgan fingerprint density at radius 1 is 1.23 bits per heavy atom. The normalized spacial score (nSPS) is 10.9. The summed E-state index contributed by atoms with van der Waals surface area (Å²) in [6, 6.07) is 4.03. The fourth-order valence-electron chi connectivity index (χ4n) is 1.99. The molecule has 138 valence electrons. The van der Waals surface area contributed by atoms with Gasteiger partial charge in [-0.3, -0.25) is 10.1 Å². The monoisotopic (exact) mass is 380 g/mol. The molecule has 0 aliphatic heterocycles. The average Bonchev–Trinajstić information content (AvgIpc) is 2.61. The summed E-state index contributed by atoms with van der Waals surface area (Å²) in [7, 11) is -1.82. The SMILES string of the molecule is COC(=O)c1ccccc1S(=O)(=O)NC(=O)Nc1ncc(C)n(C)c1=O. The van der Waals surface area contributed by atoms with Crippen LogP contribution in [0, 0.1) is 6.92 Å². The summed E-state index contributed by atoms with van der Waals surface area (Å²) in [5.74, 6) is -1.22. The van der Waals surface area contributed by atoms with Crippen molar-refractivity contribution in [2.24, 2.45) is 7.05 Å². The number of rotatable bonds is 4. The van der Waals surface area contributed by atoms with Crippen LogP contribution >= 0.6 is 0 Å². The summed E-state index contributed by atoms with van der Waals surface area (Å²) >= 11 is 0. The number of hydrogen-bond acceptors (Lipinski definition) is 7. The number of esters is 1. The van der Waals surface area contributed by atoms with Gasteiger partial charge in [-0.1, -0.05) is 12.1 Å². The number of methoxy groups -OCH3 is 1. The number of nitrogens with zero attached hydrogens (tertiary/aromatic N) is 2. The lowest BCUT2D eigenvalue weighted by Crippen LogP contribution is -2.37. The summed E-state index contributed by atoms with van der Waals surface area (Å²) in [6.07, 6.45) is 1.35. The number of ether oxygens (including phenoxy) is 1. The van der Waals surface area contributed by atoms with Gasteiger partial charge in [0.25, 0.3) is 15.6 Å². The first kappa shape index (κ1) is 19.1. The number of amides is 2. The van der Waals surface area contributed by atoms with E-state index in [0.717, 1.165) is 13.2 Å². The molecule has 1 heterocycles. The van der Waals surface area contributed by atoms with Crippen LogP contribution in [-0.2, 0) is 21.8 Å². The predicted molar refractivity (Wildman–Crippen MR) is 91.3 cm³/mol. The number of aromatic nitrogens is 2. The Labute approximate surface area is 148 Å². The molecular weight excluding hydrogens is 364 g/mol. The third-order valence-corrected chi connectivity index (χ3v) is 4.85. The standard InChI is InChI=1S/C15H16N4O6S/c1-9-8-16-12(13(20)19(9)2)17-15(22)18-26(23,24)11-7-5-4-6-10(11)14(21)25-3/h4-8H,1-3H3,(H2,16,17,18,22). The molecule has 10 nitrogen and oxygen atoms in total. The molecule has 2 rings (SSSR count). The number of aryl methyl sites for hydroxylation is 1. The lowest BCUT2D eigenvalue weighted by atomic mass is 10.2. The molecule has 0 saturated carbocycles. The summed E-state index contributed by atoms with van der Waals surface area (Å²) in [5.41, 5.74) is -0.284. The highest BCUT2D eigenvalue weighted by molar-refractivity contribution is 7.90. The van der Waals surface area contributed by atoms with Crippen molar-refractivity contribution in [2.45, 2.75) is 11.8 Å². The Balaban J connectivity index is 2.28. The largest absolute Gasteiger partial charge is 0.465 e. The zero-order chi connectivity index (χ0) is 19.5. The molecule has 0 atom stereocenters. The van der Waals surface area contributed by atoms with E-state index in [0.29, 0.717) is 5.69 Å². The van der Waals surface area contributed by atoms with Gasteiger partial charge in [0, 0.05) is 18.9 Å². The van der Waals surface area contributed by atoms with E-state index in [4.69, 9.17) is 0 Å². The van der Waals surface area contributed by atoms with E-state index >= 15 is 0 Å². The molecule has 0 bridgehead atoms. The molecule has 0 saturated heterocycles. The van der Waals surface area contributed by atoms with Crippen LogP contribution in [0.3, 0.4) is 0 Å². The lowest BCUT2D eigenvalue weighted by molar-refractivity contribution is 0.0596. The van der Waals surface area contributed by atoms with Gasteiger partial charge >= 0.3 is 12.0 Å². The van der Waals surface area contributed by atoms with Gasteiger partial charge < -0.3 is 9.30 Å². The maximum atomic E-state index is 12.4. The van der Waals surface area contributed by atoms with E-state index in [1.807, 2.05) is 0 Å². The number of benzene rings is 1. The maximum Gasteiger partial charge on any atom is 0.339 e. The van der Waals surface area contributed by atoms with Crippen molar-refractivity contribution in [2.75, 3.05) is 12.4 Å². The van der Waals surface area contributed by atoms with Gasteiger partial charge in [-0.25, -0.2) is 27.7 Å². The molecule has 2 amide bonds.